The first-order chi connectivity index (χ1) is 10.1. The van der Waals surface area contributed by atoms with Crippen molar-refractivity contribution in [1.29, 1.82) is 0 Å². The van der Waals surface area contributed by atoms with Gasteiger partial charge < -0.3 is 15.1 Å². The maximum atomic E-state index is 11.8. The quantitative estimate of drug-likeness (QED) is 0.870. The van der Waals surface area contributed by atoms with E-state index in [4.69, 9.17) is 4.42 Å². The standard InChI is InChI=1S/C15H15BrN2O3/c1-10(11-4-6-12(16)7-5-11)18-14(19)9-17-15(20)13-3-2-8-21-13/h2-8,10H,9H2,1H3,(H,17,20)(H,18,19)/t10-/m0/s1. The first-order valence-corrected chi connectivity index (χ1v) is 7.22. The lowest BCUT2D eigenvalue weighted by Gasteiger charge is -2.14. The molecular formula is C15H15BrN2O3. The molecule has 2 amide bonds. The molecule has 2 rings (SSSR count). The molecule has 21 heavy (non-hydrogen) atoms. The Morgan fingerprint density at radius 1 is 1.24 bits per heavy atom. The molecule has 1 aromatic heterocycles. The first-order valence-electron chi connectivity index (χ1n) is 6.43. The SMILES string of the molecule is C[C@H](NC(=O)CNC(=O)c1ccco1)c1ccc(Br)cc1. The number of carbonyl (C=O) groups is 2. The highest BCUT2D eigenvalue weighted by atomic mass is 79.9. The third-order valence-corrected chi connectivity index (χ3v) is 3.43. The number of nitrogens with one attached hydrogen (secondary N) is 2. The van der Waals surface area contributed by atoms with Gasteiger partial charge in [-0.25, -0.2) is 0 Å². The summed E-state index contributed by atoms with van der Waals surface area (Å²) in [5, 5.41) is 5.32. The second-order valence-electron chi connectivity index (χ2n) is 4.50. The highest BCUT2D eigenvalue weighted by Crippen LogP contribution is 2.16. The average molecular weight is 351 g/mol. The molecule has 2 N–H and O–H groups in total. The van der Waals surface area contributed by atoms with Crippen LogP contribution in [0.15, 0.2) is 51.6 Å². The van der Waals surface area contributed by atoms with Crippen molar-refractivity contribution in [2.24, 2.45) is 0 Å². The maximum Gasteiger partial charge on any atom is 0.287 e. The summed E-state index contributed by atoms with van der Waals surface area (Å²) < 4.78 is 5.92. The largest absolute Gasteiger partial charge is 0.459 e. The van der Waals surface area contributed by atoms with Crippen LogP contribution in [0, 0.1) is 0 Å². The van der Waals surface area contributed by atoms with Crippen molar-refractivity contribution in [2.45, 2.75) is 13.0 Å². The predicted molar refractivity (Wildman–Crippen MR) is 81.7 cm³/mol. The average Bonchev–Trinajstić information content (AvgIpc) is 2.99. The second-order valence-corrected chi connectivity index (χ2v) is 5.42. The van der Waals surface area contributed by atoms with Crippen LogP contribution in [0.2, 0.25) is 0 Å². The van der Waals surface area contributed by atoms with E-state index in [2.05, 4.69) is 26.6 Å². The molecule has 0 bridgehead atoms. The van der Waals surface area contributed by atoms with Crippen molar-refractivity contribution in [2.75, 3.05) is 6.54 Å². The number of hydrogen-bond donors (Lipinski definition) is 2. The number of benzene rings is 1. The van der Waals surface area contributed by atoms with E-state index in [9.17, 15) is 9.59 Å². The van der Waals surface area contributed by atoms with Crippen LogP contribution in [-0.4, -0.2) is 18.4 Å². The zero-order valence-electron chi connectivity index (χ0n) is 11.4. The van der Waals surface area contributed by atoms with E-state index in [0.29, 0.717) is 0 Å². The summed E-state index contributed by atoms with van der Waals surface area (Å²) in [6.45, 7) is 1.79. The minimum Gasteiger partial charge on any atom is -0.459 e. The Morgan fingerprint density at radius 3 is 2.57 bits per heavy atom. The Balaban J connectivity index is 1.81. The van der Waals surface area contributed by atoms with Crippen molar-refractivity contribution in [1.82, 2.24) is 10.6 Å². The molecule has 6 heteroatoms. The van der Waals surface area contributed by atoms with Gasteiger partial charge in [0.25, 0.3) is 5.91 Å². The maximum absolute atomic E-state index is 11.8. The Morgan fingerprint density at radius 2 is 1.95 bits per heavy atom. The van der Waals surface area contributed by atoms with Crippen LogP contribution in [-0.2, 0) is 4.79 Å². The van der Waals surface area contributed by atoms with Crippen LogP contribution in [0.3, 0.4) is 0 Å². The van der Waals surface area contributed by atoms with Crippen molar-refractivity contribution >= 4 is 27.7 Å². The van der Waals surface area contributed by atoms with Crippen LogP contribution in [0.4, 0.5) is 0 Å². The van der Waals surface area contributed by atoms with Crippen LogP contribution < -0.4 is 10.6 Å². The summed E-state index contributed by atoms with van der Waals surface area (Å²) in [7, 11) is 0. The monoisotopic (exact) mass is 350 g/mol. The van der Waals surface area contributed by atoms with Gasteiger partial charge in [0.15, 0.2) is 5.76 Å². The summed E-state index contributed by atoms with van der Waals surface area (Å²) in [5.41, 5.74) is 0.990. The molecule has 1 heterocycles. The van der Waals surface area contributed by atoms with Crippen molar-refractivity contribution in [3.63, 3.8) is 0 Å². The van der Waals surface area contributed by atoms with Gasteiger partial charge in [-0.3, -0.25) is 9.59 Å². The molecule has 2 aromatic rings. The van der Waals surface area contributed by atoms with Gasteiger partial charge in [0.05, 0.1) is 18.8 Å². The fourth-order valence-corrected chi connectivity index (χ4v) is 2.05. The summed E-state index contributed by atoms with van der Waals surface area (Å²) in [6, 6.07) is 10.7. The van der Waals surface area contributed by atoms with Gasteiger partial charge in [0, 0.05) is 4.47 Å². The van der Waals surface area contributed by atoms with E-state index in [-0.39, 0.29) is 24.3 Å². The first kappa shape index (κ1) is 15.3. The molecular weight excluding hydrogens is 336 g/mol. The van der Waals surface area contributed by atoms with Gasteiger partial charge >= 0.3 is 0 Å². The lowest BCUT2D eigenvalue weighted by molar-refractivity contribution is -0.120. The van der Waals surface area contributed by atoms with E-state index in [1.807, 2.05) is 31.2 Å². The zero-order chi connectivity index (χ0) is 15.2. The van der Waals surface area contributed by atoms with E-state index in [1.165, 1.54) is 12.3 Å². The zero-order valence-corrected chi connectivity index (χ0v) is 13.0. The molecule has 0 saturated carbocycles. The van der Waals surface area contributed by atoms with E-state index in [0.717, 1.165) is 10.0 Å². The fourth-order valence-electron chi connectivity index (χ4n) is 1.78. The highest BCUT2D eigenvalue weighted by Gasteiger charge is 2.12. The van der Waals surface area contributed by atoms with Gasteiger partial charge in [-0.15, -0.1) is 0 Å². The van der Waals surface area contributed by atoms with Crippen LogP contribution >= 0.6 is 15.9 Å². The van der Waals surface area contributed by atoms with Crippen molar-refractivity contribution in [3.8, 4) is 0 Å². The summed E-state index contributed by atoms with van der Waals surface area (Å²) in [4.78, 5) is 23.4. The van der Waals surface area contributed by atoms with Gasteiger partial charge in [-0.1, -0.05) is 28.1 Å². The molecule has 0 radical (unpaired) electrons. The lowest BCUT2D eigenvalue weighted by Crippen LogP contribution is -2.37. The summed E-state index contributed by atoms with van der Waals surface area (Å²) in [6.07, 6.45) is 1.41. The predicted octanol–water partition coefficient (Wildman–Crippen LogP) is 2.65. The Bertz CT molecular complexity index is 608. The third-order valence-electron chi connectivity index (χ3n) is 2.90. The highest BCUT2D eigenvalue weighted by molar-refractivity contribution is 9.10. The summed E-state index contributed by atoms with van der Waals surface area (Å²) >= 11 is 3.36. The van der Waals surface area contributed by atoms with Crippen molar-refractivity contribution < 1.29 is 14.0 Å². The van der Waals surface area contributed by atoms with Gasteiger partial charge in [0.2, 0.25) is 5.91 Å². The van der Waals surface area contributed by atoms with Crippen LogP contribution in [0.1, 0.15) is 29.1 Å². The smallest absolute Gasteiger partial charge is 0.287 e. The number of halogens is 1. The van der Waals surface area contributed by atoms with E-state index in [1.54, 1.807) is 6.07 Å². The van der Waals surface area contributed by atoms with Crippen molar-refractivity contribution in [3.05, 3.63) is 58.5 Å². The lowest BCUT2D eigenvalue weighted by atomic mass is 10.1. The number of furan rings is 1. The molecule has 0 aliphatic rings. The molecule has 5 nitrogen and oxygen atoms in total. The number of carbonyl (C=O) groups excluding carboxylic acids is 2. The van der Waals surface area contributed by atoms with Gasteiger partial charge in [-0.2, -0.15) is 0 Å². The molecule has 1 atom stereocenters. The Hall–Kier alpha value is -2.08. The molecule has 0 unspecified atom stereocenters. The minimum absolute atomic E-state index is 0.0968. The minimum atomic E-state index is -0.411. The van der Waals surface area contributed by atoms with Gasteiger partial charge in [0.1, 0.15) is 0 Å². The second kappa shape index (κ2) is 7.08. The topological polar surface area (TPSA) is 71.3 Å². The molecule has 0 saturated heterocycles. The molecule has 1 aromatic carbocycles. The molecule has 0 aliphatic carbocycles. The molecule has 0 spiro atoms. The van der Waals surface area contributed by atoms with Gasteiger partial charge in [-0.05, 0) is 36.8 Å². The molecule has 110 valence electrons. The Kier molecular flexibility index (Phi) is 5.16. The Labute approximate surface area is 130 Å². The number of rotatable bonds is 5. The van der Waals surface area contributed by atoms with Crippen LogP contribution in [0.5, 0.6) is 0 Å². The normalized spacial score (nSPS) is 11.7. The van der Waals surface area contributed by atoms with E-state index < -0.39 is 5.91 Å². The third kappa shape index (κ3) is 4.46. The van der Waals surface area contributed by atoms with E-state index >= 15 is 0 Å². The molecule has 0 fully saturated rings. The summed E-state index contributed by atoms with van der Waals surface area (Å²) in [5.74, 6) is -0.486. The number of amides is 2. The fraction of sp³-hybridized carbons (Fsp3) is 0.200. The van der Waals surface area contributed by atoms with Crippen LogP contribution in [0.25, 0.3) is 0 Å². The number of hydrogen-bond acceptors (Lipinski definition) is 3. The molecule has 0 aliphatic heterocycles.